The second-order valence-electron chi connectivity index (χ2n) is 5.44. The molecule has 1 aromatic rings. The van der Waals surface area contributed by atoms with Crippen LogP contribution < -0.4 is 4.74 Å². The quantitative estimate of drug-likeness (QED) is 0.588. The van der Waals surface area contributed by atoms with Crippen molar-refractivity contribution < 1.29 is 32.2 Å². The third-order valence-electron chi connectivity index (χ3n) is 2.50. The van der Waals surface area contributed by atoms with Gasteiger partial charge in [0.05, 0.1) is 5.56 Å². The van der Waals surface area contributed by atoms with Crippen molar-refractivity contribution in [3.63, 3.8) is 0 Å². The van der Waals surface area contributed by atoms with Gasteiger partial charge in [0.15, 0.2) is 0 Å². The van der Waals surface area contributed by atoms with Crippen molar-refractivity contribution in [3.05, 3.63) is 23.4 Å². The van der Waals surface area contributed by atoms with Crippen LogP contribution in [0.1, 0.15) is 36.8 Å². The lowest BCUT2D eigenvalue weighted by atomic mass is 10.1. The summed E-state index contributed by atoms with van der Waals surface area (Å²) in [6.07, 6.45) is -6.28. The van der Waals surface area contributed by atoms with Crippen LogP contribution in [0, 0.1) is 0 Å². The molecule has 0 saturated carbocycles. The van der Waals surface area contributed by atoms with Crippen LogP contribution in [-0.4, -0.2) is 28.4 Å². The van der Waals surface area contributed by atoms with Crippen LogP contribution in [0.5, 0.6) is 5.88 Å². The van der Waals surface area contributed by atoms with E-state index in [4.69, 9.17) is 9.47 Å². The van der Waals surface area contributed by atoms with Gasteiger partial charge in [-0.25, -0.2) is 9.78 Å². The fourth-order valence-electron chi connectivity index (χ4n) is 1.69. The molecule has 1 aliphatic rings. The molecule has 1 atom stereocenters. The molecule has 5 nitrogen and oxygen atoms in total. The number of nitrogens with zero attached hydrogens (tertiary/aromatic N) is 1. The predicted molar refractivity (Wildman–Crippen MR) is 63.8 cm³/mol. The van der Waals surface area contributed by atoms with Gasteiger partial charge in [0.25, 0.3) is 6.10 Å². The number of rotatable bonds is 1. The van der Waals surface area contributed by atoms with Crippen LogP contribution in [0.4, 0.5) is 13.2 Å². The number of pyridine rings is 1. The summed E-state index contributed by atoms with van der Waals surface area (Å²) >= 11 is 0. The van der Waals surface area contributed by atoms with Gasteiger partial charge in [0.1, 0.15) is 11.3 Å². The number of esters is 1. The highest BCUT2D eigenvalue weighted by atomic mass is 19.4. The first-order chi connectivity index (χ1) is 9.49. The molecule has 1 aromatic heterocycles. The summed E-state index contributed by atoms with van der Waals surface area (Å²) in [5.74, 6) is -2.23. The van der Waals surface area contributed by atoms with Crippen LogP contribution in [0.3, 0.4) is 0 Å². The van der Waals surface area contributed by atoms with E-state index in [2.05, 4.69) is 4.98 Å². The van der Waals surface area contributed by atoms with Crippen LogP contribution >= 0.6 is 0 Å². The summed E-state index contributed by atoms with van der Waals surface area (Å²) in [6, 6.07) is 1.61. The van der Waals surface area contributed by atoms with E-state index < -0.39 is 41.2 Å². The molecule has 0 radical (unpaired) electrons. The van der Waals surface area contributed by atoms with Crippen molar-refractivity contribution in [1.29, 1.82) is 0 Å². The molecular formula is C13H12F3NO4. The Bertz CT molecular complexity index is 604. The lowest BCUT2D eigenvalue weighted by molar-refractivity contribution is -0.160. The molecule has 1 unspecified atom stereocenters. The van der Waals surface area contributed by atoms with Gasteiger partial charge >= 0.3 is 12.1 Å². The minimum absolute atomic E-state index is 0.168. The number of ketones is 1. The van der Waals surface area contributed by atoms with E-state index in [1.165, 1.54) is 0 Å². The van der Waals surface area contributed by atoms with Crippen LogP contribution in [-0.2, 0) is 15.7 Å². The zero-order valence-corrected chi connectivity index (χ0v) is 11.4. The third-order valence-corrected chi connectivity index (χ3v) is 2.50. The van der Waals surface area contributed by atoms with Gasteiger partial charge in [0, 0.05) is 0 Å². The van der Waals surface area contributed by atoms with Gasteiger partial charge in [0.2, 0.25) is 11.7 Å². The fourth-order valence-corrected chi connectivity index (χ4v) is 1.69. The maximum atomic E-state index is 12.5. The summed E-state index contributed by atoms with van der Waals surface area (Å²) in [5, 5.41) is 0. The number of hydrogen-bond acceptors (Lipinski definition) is 5. The van der Waals surface area contributed by atoms with Crippen molar-refractivity contribution in [2.24, 2.45) is 0 Å². The van der Waals surface area contributed by atoms with Gasteiger partial charge in [-0.1, -0.05) is 0 Å². The van der Waals surface area contributed by atoms with Crippen molar-refractivity contribution in [2.75, 3.05) is 0 Å². The first kappa shape index (κ1) is 15.3. The van der Waals surface area contributed by atoms with Crippen LogP contribution in [0.15, 0.2) is 12.1 Å². The van der Waals surface area contributed by atoms with E-state index in [0.717, 1.165) is 6.07 Å². The highest BCUT2D eigenvalue weighted by Gasteiger charge is 2.43. The average molecular weight is 303 g/mol. The molecule has 0 fully saturated rings. The Balaban J connectivity index is 2.26. The highest BCUT2D eigenvalue weighted by Crippen LogP contribution is 2.34. The molecule has 2 heterocycles. The maximum Gasteiger partial charge on any atom is 0.433 e. The Labute approximate surface area is 118 Å². The number of fused-ring (bicyclic) bond motifs is 1. The molecule has 114 valence electrons. The Morgan fingerprint density at radius 3 is 2.43 bits per heavy atom. The topological polar surface area (TPSA) is 65.5 Å². The zero-order chi connectivity index (χ0) is 16.0. The molecule has 0 N–H and O–H groups in total. The lowest BCUT2D eigenvalue weighted by Crippen LogP contribution is -2.37. The number of alkyl halides is 3. The van der Waals surface area contributed by atoms with Crippen molar-refractivity contribution in [2.45, 2.75) is 38.7 Å². The molecule has 1 aliphatic heterocycles. The van der Waals surface area contributed by atoms with Crippen molar-refractivity contribution in [3.8, 4) is 5.88 Å². The maximum absolute atomic E-state index is 12.5. The number of carbonyl (C=O) groups excluding carboxylic acids is 2. The van der Waals surface area contributed by atoms with Gasteiger partial charge in [-0.05, 0) is 32.9 Å². The second-order valence-corrected chi connectivity index (χ2v) is 5.44. The number of ether oxygens (including phenoxy) is 2. The van der Waals surface area contributed by atoms with E-state index in [1.54, 1.807) is 20.8 Å². The Hall–Kier alpha value is -2.12. The molecule has 0 aliphatic carbocycles. The number of carbonyl (C=O) groups is 2. The van der Waals surface area contributed by atoms with Gasteiger partial charge in [-0.2, -0.15) is 13.2 Å². The minimum Gasteiger partial charge on any atom is -0.457 e. The number of halogens is 3. The standard InChI is InChI=1S/C13H12F3NO4/c1-12(2,3)21-11(19)9-8(18)6-4-5-7(13(14,15)16)17-10(6)20-9/h4-5,9H,1-3H3. The minimum atomic E-state index is -4.66. The zero-order valence-electron chi connectivity index (χ0n) is 11.4. The van der Waals surface area contributed by atoms with E-state index in [0.29, 0.717) is 6.07 Å². The number of aromatic nitrogens is 1. The van der Waals surface area contributed by atoms with Crippen molar-refractivity contribution in [1.82, 2.24) is 4.98 Å². The molecule has 0 saturated heterocycles. The molecule has 21 heavy (non-hydrogen) atoms. The second kappa shape index (κ2) is 4.71. The summed E-state index contributed by atoms with van der Waals surface area (Å²) < 4.78 is 47.5. The SMILES string of the molecule is CC(C)(C)OC(=O)C1Oc2nc(C(F)(F)F)ccc2C1=O. The normalized spacial score (nSPS) is 18.2. The monoisotopic (exact) mass is 303 g/mol. The van der Waals surface area contributed by atoms with Gasteiger partial charge in [-0.3, -0.25) is 4.79 Å². The molecular weight excluding hydrogens is 291 g/mol. The smallest absolute Gasteiger partial charge is 0.433 e. The number of hydrogen-bond donors (Lipinski definition) is 0. The highest BCUT2D eigenvalue weighted by molar-refractivity contribution is 6.14. The fraction of sp³-hybridized carbons (Fsp3) is 0.462. The molecule has 0 bridgehead atoms. The summed E-state index contributed by atoms with van der Waals surface area (Å²) in [5.41, 5.74) is -2.21. The average Bonchev–Trinajstić information content (AvgIpc) is 2.63. The Kier molecular flexibility index (Phi) is 3.43. The van der Waals surface area contributed by atoms with Crippen LogP contribution in [0.2, 0.25) is 0 Å². The first-order valence-corrected chi connectivity index (χ1v) is 6.01. The van der Waals surface area contributed by atoms with E-state index >= 15 is 0 Å². The molecule has 8 heteroatoms. The van der Waals surface area contributed by atoms with Gasteiger partial charge < -0.3 is 9.47 Å². The van der Waals surface area contributed by atoms with E-state index in [1.807, 2.05) is 0 Å². The first-order valence-electron chi connectivity index (χ1n) is 6.01. The summed E-state index contributed by atoms with van der Waals surface area (Å²) in [4.78, 5) is 27.0. The molecule has 0 spiro atoms. The van der Waals surface area contributed by atoms with Gasteiger partial charge in [-0.15, -0.1) is 0 Å². The molecule has 2 rings (SSSR count). The van der Waals surface area contributed by atoms with E-state index in [-0.39, 0.29) is 5.56 Å². The Morgan fingerprint density at radius 1 is 1.29 bits per heavy atom. The lowest BCUT2D eigenvalue weighted by Gasteiger charge is -2.21. The number of Topliss-reactive ketones (excluding diaryl/α,β-unsaturated/α-hetero) is 1. The van der Waals surface area contributed by atoms with Crippen LogP contribution in [0.25, 0.3) is 0 Å². The largest absolute Gasteiger partial charge is 0.457 e. The van der Waals surface area contributed by atoms with Crippen molar-refractivity contribution >= 4 is 11.8 Å². The Morgan fingerprint density at radius 2 is 1.90 bits per heavy atom. The molecule has 0 aromatic carbocycles. The molecule has 0 amide bonds. The summed E-state index contributed by atoms with van der Waals surface area (Å²) in [6.45, 7) is 4.78. The third kappa shape index (κ3) is 3.14. The predicted octanol–water partition coefficient (Wildman–Crippen LogP) is 2.39. The summed E-state index contributed by atoms with van der Waals surface area (Å²) in [7, 11) is 0. The van der Waals surface area contributed by atoms with E-state index in [9.17, 15) is 22.8 Å².